The molecule has 0 saturated heterocycles. The topological polar surface area (TPSA) is 99.7 Å². The minimum absolute atomic E-state index is 0.0439. The summed E-state index contributed by atoms with van der Waals surface area (Å²) in [7, 11) is 0. The van der Waals surface area contributed by atoms with Gasteiger partial charge in [0.2, 0.25) is 0 Å². The monoisotopic (exact) mass is 571 g/mol. The molecule has 1 fully saturated rings. The highest BCUT2D eigenvalue weighted by Crippen LogP contribution is 2.28. The summed E-state index contributed by atoms with van der Waals surface area (Å²) in [6.07, 6.45) is 4.68. The van der Waals surface area contributed by atoms with E-state index in [9.17, 15) is 14.7 Å². The van der Waals surface area contributed by atoms with Crippen LogP contribution in [0.2, 0.25) is 0 Å². The van der Waals surface area contributed by atoms with Gasteiger partial charge in [-0.3, -0.25) is 4.79 Å². The summed E-state index contributed by atoms with van der Waals surface area (Å²) in [5, 5.41) is 19.0. The summed E-state index contributed by atoms with van der Waals surface area (Å²) >= 11 is 0. The predicted molar refractivity (Wildman–Crippen MR) is 167 cm³/mol. The average Bonchev–Trinajstić information content (AvgIpc) is 2.98. The second kappa shape index (κ2) is 14.9. The Morgan fingerprint density at radius 1 is 0.810 bits per heavy atom. The minimum atomic E-state index is -0.488. The van der Waals surface area contributed by atoms with Gasteiger partial charge in [0.15, 0.2) is 0 Å². The number of rotatable bonds is 11. The number of hydrogen-bond acceptors (Lipinski definition) is 5. The number of nitrogens with one attached hydrogen (secondary N) is 3. The summed E-state index contributed by atoms with van der Waals surface area (Å²) in [5.74, 6) is 1.15. The lowest BCUT2D eigenvalue weighted by Crippen LogP contribution is -2.37. The molecular formula is C35H45N3O4. The van der Waals surface area contributed by atoms with E-state index in [1.165, 1.54) is 11.1 Å². The maximum Gasteiger partial charge on any atom is 0.407 e. The van der Waals surface area contributed by atoms with Crippen LogP contribution in [-0.4, -0.2) is 42.3 Å². The largest absolute Gasteiger partial charge is 0.508 e. The third-order valence-electron chi connectivity index (χ3n) is 7.69. The molecule has 2 amide bonds. The molecule has 7 heteroatoms. The quantitative estimate of drug-likeness (QED) is 0.198. The Morgan fingerprint density at radius 2 is 1.43 bits per heavy atom. The van der Waals surface area contributed by atoms with Gasteiger partial charge in [-0.25, -0.2) is 4.79 Å². The van der Waals surface area contributed by atoms with Crippen molar-refractivity contribution in [2.75, 3.05) is 19.6 Å². The molecule has 0 spiro atoms. The Morgan fingerprint density at radius 3 is 2.10 bits per heavy atom. The van der Waals surface area contributed by atoms with Crippen LogP contribution in [0.15, 0.2) is 72.8 Å². The highest BCUT2D eigenvalue weighted by molar-refractivity contribution is 5.95. The highest BCUT2D eigenvalue weighted by Gasteiger charge is 2.23. The summed E-state index contributed by atoms with van der Waals surface area (Å²) in [5.41, 5.74) is 4.65. The first kappa shape index (κ1) is 31.1. The van der Waals surface area contributed by atoms with Crippen LogP contribution in [-0.2, 0) is 17.7 Å². The van der Waals surface area contributed by atoms with E-state index >= 15 is 0 Å². The lowest BCUT2D eigenvalue weighted by atomic mass is 9.82. The molecule has 4 rings (SSSR count). The second-order valence-corrected chi connectivity index (χ2v) is 12.4. The van der Waals surface area contributed by atoms with Crippen molar-refractivity contribution < 1.29 is 19.4 Å². The Kier molecular flexibility index (Phi) is 11.0. The molecule has 0 aromatic heterocycles. The van der Waals surface area contributed by atoms with Gasteiger partial charge in [0.05, 0.1) is 0 Å². The van der Waals surface area contributed by atoms with Crippen molar-refractivity contribution in [3.05, 3.63) is 89.5 Å². The van der Waals surface area contributed by atoms with Crippen molar-refractivity contribution in [2.24, 2.45) is 11.8 Å². The molecule has 7 nitrogen and oxygen atoms in total. The van der Waals surface area contributed by atoms with Crippen molar-refractivity contribution in [3.63, 3.8) is 0 Å². The van der Waals surface area contributed by atoms with Gasteiger partial charge in [-0.05, 0) is 124 Å². The Bertz CT molecular complexity index is 1310. The number of phenols is 1. The van der Waals surface area contributed by atoms with Gasteiger partial charge in [0, 0.05) is 25.2 Å². The van der Waals surface area contributed by atoms with Crippen LogP contribution in [0.25, 0.3) is 11.1 Å². The van der Waals surface area contributed by atoms with E-state index in [2.05, 4.69) is 40.2 Å². The number of amides is 2. The molecule has 1 saturated carbocycles. The zero-order valence-corrected chi connectivity index (χ0v) is 25.1. The number of carbonyl (C=O) groups excluding carboxylic acids is 2. The first-order valence-electron chi connectivity index (χ1n) is 15.1. The minimum Gasteiger partial charge on any atom is -0.508 e. The van der Waals surface area contributed by atoms with Crippen LogP contribution in [0.3, 0.4) is 0 Å². The molecule has 0 heterocycles. The van der Waals surface area contributed by atoms with E-state index in [0.717, 1.165) is 56.3 Å². The molecule has 42 heavy (non-hydrogen) atoms. The van der Waals surface area contributed by atoms with Gasteiger partial charge in [0.1, 0.15) is 11.4 Å². The maximum atomic E-state index is 13.0. The van der Waals surface area contributed by atoms with Gasteiger partial charge < -0.3 is 25.8 Å². The van der Waals surface area contributed by atoms with Gasteiger partial charge in [-0.2, -0.15) is 0 Å². The first-order valence-corrected chi connectivity index (χ1v) is 15.1. The smallest absolute Gasteiger partial charge is 0.407 e. The highest BCUT2D eigenvalue weighted by atomic mass is 16.6. The molecule has 1 aliphatic carbocycles. The molecular weight excluding hydrogens is 526 g/mol. The number of aromatic hydroxyl groups is 1. The summed E-state index contributed by atoms with van der Waals surface area (Å²) in [4.78, 5) is 24.9. The van der Waals surface area contributed by atoms with E-state index in [-0.39, 0.29) is 17.7 Å². The lowest BCUT2D eigenvalue weighted by Gasteiger charge is -2.29. The number of carbonyl (C=O) groups is 2. The molecule has 0 radical (unpaired) electrons. The van der Waals surface area contributed by atoms with Crippen molar-refractivity contribution in [1.82, 2.24) is 16.0 Å². The molecule has 0 bridgehead atoms. The number of alkyl carbamates (subject to hydrolysis) is 1. The molecule has 4 N–H and O–H groups in total. The van der Waals surface area contributed by atoms with E-state index in [0.29, 0.717) is 30.5 Å². The van der Waals surface area contributed by atoms with Crippen LogP contribution in [0.4, 0.5) is 4.79 Å². The Balaban J connectivity index is 1.20. The van der Waals surface area contributed by atoms with Crippen LogP contribution in [0.1, 0.15) is 67.9 Å². The number of ether oxygens (including phenoxy) is 1. The zero-order valence-electron chi connectivity index (χ0n) is 25.1. The van der Waals surface area contributed by atoms with E-state index in [4.69, 9.17) is 4.74 Å². The second-order valence-electron chi connectivity index (χ2n) is 12.4. The predicted octanol–water partition coefficient (Wildman–Crippen LogP) is 6.45. The lowest BCUT2D eigenvalue weighted by molar-refractivity contribution is 0.0512. The number of benzene rings is 3. The summed E-state index contributed by atoms with van der Waals surface area (Å²) in [6, 6.07) is 23.5. The van der Waals surface area contributed by atoms with Crippen molar-refractivity contribution >= 4 is 12.0 Å². The molecule has 0 unspecified atom stereocenters. The zero-order chi connectivity index (χ0) is 30.0. The molecule has 0 aliphatic heterocycles. The number of hydrogen-bond donors (Lipinski definition) is 4. The van der Waals surface area contributed by atoms with Crippen LogP contribution in [0, 0.1) is 11.8 Å². The Hall–Kier alpha value is -3.84. The van der Waals surface area contributed by atoms with Gasteiger partial charge >= 0.3 is 6.09 Å². The average molecular weight is 572 g/mol. The van der Waals surface area contributed by atoms with E-state index in [1.807, 2.05) is 57.2 Å². The SMILES string of the molecule is CC(C)(C)OC(=O)NCC1CCC(CNC(=O)c2cccc(-c3cccc(CNCCc4ccc(O)cc4)c3)c2)CC1. The molecule has 3 aromatic rings. The van der Waals surface area contributed by atoms with Crippen molar-refractivity contribution in [1.29, 1.82) is 0 Å². The van der Waals surface area contributed by atoms with Crippen molar-refractivity contribution in [3.8, 4) is 16.9 Å². The third-order valence-corrected chi connectivity index (χ3v) is 7.69. The standard InChI is InChI=1S/C35H45N3O4/c1-35(2,3)42-34(41)38-24-27-12-10-26(11-13-27)23-37-33(40)31-9-5-8-30(21-31)29-7-4-6-28(20-29)22-36-19-18-25-14-16-32(39)17-15-25/h4-9,14-17,20-21,26-27,36,39H,10-13,18-19,22-24H2,1-3H3,(H,37,40)(H,38,41). The van der Waals surface area contributed by atoms with Crippen LogP contribution >= 0.6 is 0 Å². The fraction of sp³-hybridized carbons (Fsp3) is 0.429. The number of phenolic OH excluding ortho intramolecular Hbond substituents is 1. The first-order chi connectivity index (χ1) is 20.1. The fourth-order valence-corrected chi connectivity index (χ4v) is 5.35. The molecule has 224 valence electrons. The van der Waals surface area contributed by atoms with Crippen LogP contribution < -0.4 is 16.0 Å². The third kappa shape index (κ3) is 10.2. The normalized spacial score (nSPS) is 16.9. The van der Waals surface area contributed by atoms with E-state index in [1.54, 1.807) is 12.1 Å². The summed E-state index contributed by atoms with van der Waals surface area (Å²) in [6.45, 7) is 8.49. The molecule has 3 aromatic carbocycles. The molecule has 0 atom stereocenters. The Labute approximate surface area is 250 Å². The van der Waals surface area contributed by atoms with Gasteiger partial charge in [0.25, 0.3) is 5.91 Å². The van der Waals surface area contributed by atoms with E-state index < -0.39 is 5.60 Å². The van der Waals surface area contributed by atoms with Gasteiger partial charge in [-0.1, -0.05) is 42.5 Å². The fourth-order valence-electron chi connectivity index (χ4n) is 5.35. The maximum absolute atomic E-state index is 13.0. The van der Waals surface area contributed by atoms with Crippen molar-refractivity contribution in [2.45, 2.75) is 65.0 Å². The summed E-state index contributed by atoms with van der Waals surface area (Å²) < 4.78 is 5.33. The van der Waals surface area contributed by atoms with Gasteiger partial charge in [-0.15, -0.1) is 0 Å². The van der Waals surface area contributed by atoms with Crippen LogP contribution in [0.5, 0.6) is 5.75 Å². The molecule has 1 aliphatic rings.